The van der Waals surface area contributed by atoms with Crippen LogP contribution in [0.4, 0.5) is 0 Å². The highest BCUT2D eigenvalue weighted by atomic mass is 32.2. The van der Waals surface area contributed by atoms with Crippen LogP contribution in [0.1, 0.15) is 23.0 Å². The van der Waals surface area contributed by atoms with Gasteiger partial charge in [-0.2, -0.15) is 5.10 Å². The second-order valence-electron chi connectivity index (χ2n) is 3.96. The van der Waals surface area contributed by atoms with Crippen LogP contribution < -0.4 is 5.32 Å². The molecule has 0 radical (unpaired) electrons. The van der Waals surface area contributed by atoms with E-state index in [1.807, 2.05) is 6.92 Å². The van der Waals surface area contributed by atoms with Gasteiger partial charge in [0.1, 0.15) is 5.56 Å². The third-order valence-electron chi connectivity index (χ3n) is 2.39. The number of carbonyl (C=O) groups is 1. The molecule has 96 valence electrons. The molecule has 0 saturated heterocycles. The number of hydrogen-bond donors (Lipinski definition) is 2. The molecular formula is C10H17N3O3S. The van der Waals surface area contributed by atoms with Crippen molar-refractivity contribution in [3.8, 4) is 0 Å². The highest BCUT2D eigenvalue weighted by molar-refractivity contribution is 7.84. The van der Waals surface area contributed by atoms with Gasteiger partial charge in [-0.15, -0.1) is 0 Å². The molecule has 0 bridgehead atoms. The Hall–Kier alpha value is -1.21. The van der Waals surface area contributed by atoms with Crippen LogP contribution in [-0.4, -0.2) is 43.1 Å². The molecule has 1 heterocycles. The first kappa shape index (κ1) is 13.9. The molecule has 0 aliphatic heterocycles. The molecule has 17 heavy (non-hydrogen) atoms. The average Bonchev–Trinajstić information content (AvgIpc) is 2.55. The smallest absolute Gasteiger partial charge is 0.339 e. The van der Waals surface area contributed by atoms with E-state index in [0.717, 1.165) is 0 Å². The van der Waals surface area contributed by atoms with Gasteiger partial charge in [0.05, 0.1) is 11.9 Å². The lowest BCUT2D eigenvalue weighted by Gasteiger charge is -2.12. The molecule has 0 aromatic carbocycles. The summed E-state index contributed by atoms with van der Waals surface area (Å²) in [6, 6.07) is 0.0670. The van der Waals surface area contributed by atoms with E-state index in [2.05, 4.69) is 10.4 Å². The van der Waals surface area contributed by atoms with Gasteiger partial charge < -0.3 is 10.4 Å². The first-order valence-electron chi connectivity index (χ1n) is 5.19. The standard InChI is InChI=1S/C10H17N3O3S/c1-7(6-17(3)16)11-5-9-8(10(14)15)4-12-13(9)2/h4,7,11H,5-6H2,1-3H3,(H,14,15). The van der Waals surface area contributed by atoms with Gasteiger partial charge in [-0.1, -0.05) is 0 Å². The molecule has 0 amide bonds. The van der Waals surface area contributed by atoms with Crippen LogP contribution in [0.25, 0.3) is 0 Å². The Balaban J connectivity index is 2.65. The number of aromatic carboxylic acids is 1. The largest absolute Gasteiger partial charge is 0.478 e. The number of hydrogen-bond acceptors (Lipinski definition) is 4. The Labute approximate surface area is 102 Å². The number of nitrogens with zero attached hydrogens (tertiary/aromatic N) is 2. The van der Waals surface area contributed by atoms with Crippen molar-refractivity contribution < 1.29 is 14.1 Å². The zero-order chi connectivity index (χ0) is 13.0. The number of carboxylic acids is 1. The Bertz CT molecular complexity index is 430. The van der Waals surface area contributed by atoms with Crippen LogP contribution in [0.15, 0.2) is 6.20 Å². The number of aromatic nitrogens is 2. The summed E-state index contributed by atoms with van der Waals surface area (Å²) in [6.07, 6.45) is 2.98. The van der Waals surface area contributed by atoms with Crippen molar-refractivity contribution in [3.05, 3.63) is 17.5 Å². The average molecular weight is 259 g/mol. The number of carboxylic acid groups (broad SMARTS) is 1. The third-order valence-corrected chi connectivity index (χ3v) is 3.36. The van der Waals surface area contributed by atoms with Crippen LogP contribution in [0, 0.1) is 0 Å². The van der Waals surface area contributed by atoms with E-state index >= 15 is 0 Å². The second kappa shape index (κ2) is 5.92. The van der Waals surface area contributed by atoms with Gasteiger partial charge in [-0.25, -0.2) is 4.79 Å². The molecular weight excluding hydrogens is 242 g/mol. The van der Waals surface area contributed by atoms with Crippen molar-refractivity contribution in [2.75, 3.05) is 12.0 Å². The van der Waals surface area contributed by atoms with Crippen LogP contribution in [0.3, 0.4) is 0 Å². The van der Waals surface area contributed by atoms with Gasteiger partial charge in [0.25, 0.3) is 0 Å². The Morgan fingerprint density at radius 2 is 2.35 bits per heavy atom. The fourth-order valence-corrected chi connectivity index (χ4v) is 2.36. The molecule has 1 rings (SSSR count). The summed E-state index contributed by atoms with van der Waals surface area (Å²) in [5.74, 6) is -0.443. The first-order chi connectivity index (χ1) is 7.91. The van der Waals surface area contributed by atoms with Gasteiger partial charge in [0, 0.05) is 42.4 Å². The maximum absolute atomic E-state index is 11.0. The molecule has 1 aromatic heterocycles. The van der Waals surface area contributed by atoms with E-state index in [-0.39, 0.29) is 11.6 Å². The second-order valence-corrected chi connectivity index (χ2v) is 5.44. The Morgan fingerprint density at radius 1 is 1.71 bits per heavy atom. The van der Waals surface area contributed by atoms with E-state index in [0.29, 0.717) is 18.0 Å². The van der Waals surface area contributed by atoms with E-state index in [1.165, 1.54) is 10.9 Å². The minimum absolute atomic E-state index is 0.0670. The minimum atomic E-state index is -0.985. The lowest BCUT2D eigenvalue weighted by Crippen LogP contribution is -2.31. The maximum Gasteiger partial charge on any atom is 0.339 e. The van der Waals surface area contributed by atoms with Crippen LogP contribution in [0.2, 0.25) is 0 Å². The summed E-state index contributed by atoms with van der Waals surface area (Å²) in [5, 5.41) is 16.0. The number of aryl methyl sites for hydroxylation is 1. The Morgan fingerprint density at radius 3 is 2.88 bits per heavy atom. The number of rotatable bonds is 6. The van der Waals surface area contributed by atoms with Gasteiger partial charge >= 0.3 is 5.97 Å². The van der Waals surface area contributed by atoms with Gasteiger partial charge in [0.2, 0.25) is 0 Å². The van der Waals surface area contributed by atoms with Crippen molar-refractivity contribution in [2.24, 2.45) is 7.05 Å². The van der Waals surface area contributed by atoms with E-state index in [4.69, 9.17) is 5.11 Å². The molecule has 2 unspecified atom stereocenters. The summed E-state index contributed by atoms with van der Waals surface area (Å²) < 4.78 is 12.6. The molecule has 1 aromatic rings. The predicted octanol–water partition coefficient (Wildman–Crippen LogP) is -0.0251. The summed E-state index contributed by atoms with van der Waals surface area (Å²) in [7, 11) is 0.836. The topological polar surface area (TPSA) is 84.2 Å². The van der Waals surface area contributed by atoms with Gasteiger partial charge in [-0.3, -0.25) is 8.89 Å². The summed E-state index contributed by atoms with van der Waals surface area (Å²) in [6.45, 7) is 2.31. The van der Waals surface area contributed by atoms with Crippen molar-refractivity contribution in [1.29, 1.82) is 0 Å². The van der Waals surface area contributed by atoms with E-state index in [9.17, 15) is 9.00 Å². The molecule has 0 aliphatic rings. The normalized spacial score (nSPS) is 14.5. The fourth-order valence-electron chi connectivity index (χ4n) is 1.53. The van der Waals surface area contributed by atoms with Crippen molar-refractivity contribution in [2.45, 2.75) is 19.5 Å². The predicted molar refractivity (Wildman–Crippen MR) is 65.4 cm³/mol. The van der Waals surface area contributed by atoms with Crippen LogP contribution >= 0.6 is 0 Å². The maximum atomic E-state index is 11.0. The molecule has 0 fully saturated rings. The highest BCUT2D eigenvalue weighted by Gasteiger charge is 2.15. The molecule has 0 spiro atoms. The van der Waals surface area contributed by atoms with Crippen LogP contribution in [-0.2, 0) is 24.4 Å². The molecule has 7 heteroatoms. The fraction of sp³-hybridized carbons (Fsp3) is 0.600. The van der Waals surface area contributed by atoms with Crippen molar-refractivity contribution in [1.82, 2.24) is 15.1 Å². The zero-order valence-electron chi connectivity index (χ0n) is 10.1. The van der Waals surface area contributed by atoms with E-state index in [1.54, 1.807) is 13.3 Å². The molecule has 0 aliphatic carbocycles. The summed E-state index contributed by atoms with van der Waals surface area (Å²) in [4.78, 5) is 10.9. The molecule has 2 N–H and O–H groups in total. The third kappa shape index (κ3) is 3.94. The van der Waals surface area contributed by atoms with Gasteiger partial charge in [0.15, 0.2) is 0 Å². The highest BCUT2D eigenvalue weighted by Crippen LogP contribution is 2.07. The SMILES string of the molecule is CC(CS(C)=O)NCc1c(C(=O)O)cnn1C. The van der Waals surface area contributed by atoms with Crippen molar-refractivity contribution >= 4 is 16.8 Å². The Kier molecular flexibility index (Phi) is 4.83. The number of nitrogens with one attached hydrogen (secondary N) is 1. The quantitative estimate of drug-likeness (QED) is 0.750. The lowest BCUT2D eigenvalue weighted by atomic mass is 10.2. The van der Waals surface area contributed by atoms with Crippen molar-refractivity contribution in [3.63, 3.8) is 0 Å². The van der Waals surface area contributed by atoms with Gasteiger partial charge in [-0.05, 0) is 6.92 Å². The monoisotopic (exact) mass is 259 g/mol. The molecule has 2 atom stereocenters. The lowest BCUT2D eigenvalue weighted by molar-refractivity contribution is 0.0695. The molecule has 0 saturated carbocycles. The minimum Gasteiger partial charge on any atom is -0.478 e. The first-order valence-corrected chi connectivity index (χ1v) is 6.92. The summed E-state index contributed by atoms with van der Waals surface area (Å²) >= 11 is 0. The van der Waals surface area contributed by atoms with Crippen LogP contribution in [0.5, 0.6) is 0 Å². The zero-order valence-corrected chi connectivity index (χ0v) is 11.0. The van der Waals surface area contributed by atoms with E-state index < -0.39 is 16.8 Å². The molecule has 6 nitrogen and oxygen atoms in total. The summed E-state index contributed by atoms with van der Waals surface area (Å²) in [5.41, 5.74) is 0.816.